The lowest BCUT2D eigenvalue weighted by Gasteiger charge is -2.34. The fraction of sp³-hybridized carbons (Fsp3) is 0.833. The van der Waals surface area contributed by atoms with Crippen LogP contribution in [0.15, 0.2) is 0 Å². The van der Waals surface area contributed by atoms with Crippen LogP contribution in [0.4, 0.5) is 0 Å². The molecule has 5 nitrogen and oxygen atoms in total. The molecule has 2 N–H and O–H groups in total. The molecule has 1 aliphatic rings. The van der Waals surface area contributed by atoms with Crippen molar-refractivity contribution in [3.05, 3.63) is 0 Å². The third kappa shape index (κ3) is 3.19. The number of hydrogen-bond donors (Lipinski definition) is 2. The molecule has 1 rings (SSSR count). The fourth-order valence-electron chi connectivity index (χ4n) is 2.07. The number of hydrogen-bond acceptors (Lipinski definition) is 3. The summed E-state index contributed by atoms with van der Waals surface area (Å²) in [5, 5.41) is 12.1. The first-order valence-corrected chi connectivity index (χ1v) is 6.13. The summed E-state index contributed by atoms with van der Waals surface area (Å²) >= 11 is 0. The Bertz CT molecular complexity index is 302. The molecule has 1 aliphatic heterocycles. The first-order chi connectivity index (χ1) is 7.90. The van der Waals surface area contributed by atoms with Gasteiger partial charge in [0.15, 0.2) is 0 Å². The van der Waals surface area contributed by atoms with E-state index in [2.05, 4.69) is 5.32 Å². The number of likely N-dealkylation sites (tertiary alicyclic amines) is 1. The number of nitrogens with one attached hydrogen (secondary N) is 1. The molecule has 0 saturated carbocycles. The first kappa shape index (κ1) is 14.0. The van der Waals surface area contributed by atoms with Crippen molar-refractivity contribution in [3.8, 4) is 0 Å². The van der Waals surface area contributed by atoms with E-state index in [0.29, 0.717) is 13.0 Å². The highest BCUT2D eigenvalue weighted by molar-refractivity contribution is 5.89. The van der Waals surface area contributed by atoms with Crippen molar-refractivity contribution in [2.75, 3.05) is 13.6 Å². The number of carboxylic acid groups (broad SMARTS) is 1. The van der Waals surface area contributed by atoms with Crippen molar-refractivity contribution in [2.24, 2.45) is 0 Å². The molecule has 1 atom stereocenters. The Balaban J connectivity index is 2.90. The minimum absolute atomic E-state index is 0.130. The van der Waals surface area contributed by atoms with E-state index >= 15 is 0 Å². The molecule has 0 aromatic carbocycles. The van der Waals surface area contributed by atoms with E-state index in [9.17, 15) is 14.7 Å². The third-order valence-electron chi connectivity index (χ3n) is 3.46. The first-order valence-electron chi connectivity index (χ1n) is 6.13. The van der Waals surface area contributed by atoms with Crippen LogP contribution in [0.5, 0.6) is 0 Å². The van der Waals surface area contributed by atoms with Gasteiger partial charge in [-0.05, 0) is 33.7 Å². The zero-order chi connectivity index (χ0) is 13.1. The zero-order valence-corrected chi connectivity index (χ0v) is 10.8. The SMILES string of the molecule is CNC(C)(C)C(=O)N1CCCCCC1C(=O)O. The Kier molecular flexibility index (Phi) is 4.51. The molecule has 0 aliphatic carbocycles. The van der Waals surface area contributed by atoms with Crippen molar-refractivity contribution in [1.29, 1.82) is 0 Å². The van der Waals surface area contributed by atoms with E-state index in [1.54, 1.807) is 20.9 Å². The second-order valence-corrected chi connectivity index (χ2v) is 5.08. The molecule has 0 bridgehead atoms. The lowest BCUT2D eigenvalue weighted by Crippen LogP contribution is -2.57. The molecular weight excluding hydrogens is 220 g/mol. The van der Waals surface area contributed by atoms with Gasteiger partial charge in [-0.2, -0.15) is 0 Å². The predicted molar refractivity (Wildman–Crippen MR) is 64.7 cm³/mol. The summed E-state index contributed by atoms with van der Waals surface area (Å²) in [5.74, 6) is -1.03. The van der Waals surface area contributed by atoms with Crippen LogP contribution in [0.2, 0.25) is 0 Å². The highest BCUT2D eigenvalue weighted by Gasteiger charge is 2.37. The highest BCUT2D eigenvalue weighted by atomic mass is 16.4. The molecule has 98 valence electrons. The molecule has 1 fully saturated rings. The summed E-state index contributed by atoms with van der Waals surface area (Å²) in [6, 6.07) is -0.669. The Morgan fingerprint density at radius 2 is 1.94 bits per heavy atom. The van der Waals surface area contributed by atoms with Gasteiger partial charge in [0.1, 0.15) is 6.04 Å². The molecule has 1 heterocycles. The van der Waals surface area contributed by atoms with E-state index < -0.39 is 17.6 Å². The van der Waals surface area contributed by atoms with Crippen LogP contribution in [0.1, 0.15) is 39.5 Å². The molecule has 0 spiro atoms. The number of amides is 1. The summed E-state index contributed by atoms with van der Waals surface area (Å²) in [6.45, 7) is 4.10. The smallest absolute Gasteiger partial charge is 0.326 e. The predicted octanol–water partition coefficient (Wildman–Crippen LogP) is 0.840. The number of aliphatic carboxylic acids is 1. The minimum atomic E-state index is -0.896. The van der Waals surface area contributed by atoms with Crippen LogP contribution in [0.3, 0.4) is 0 Å². The van der Waals surface area contributed by atoms with E-state index in [0.717, 1.165) is 19.3 Å². The topological polar surface area (TPSA) is 69.6 Å². The Morgan fingerprint density at radius 1 is 1.29 bits per heavy atom. The molecule has 0 aromatic rings. The Labute approximate surface area is 102 Å². The van der Waals surface area contributed by atoms with Gasteiger partial charge in [-0.3, -0.25) is 4.79 Å². The summed E-state index contributed by atoms with van der Waals surface area (Å²) in [5.41, 5.74) is -0.710. The maximum absolute atomic E-state index is 12.3. The molecule has 17 heavy (non-hydrogen) atoms. The van der Waals surface area contributed by atoms with Gasteiger partial charge in [0.05, 0.1) is 5.54 Å². The maximum atomic E-state index is 12.3. The Morgan fingerprint density at radius 3 is 2.47 bits per heavy atom. The fourth-order valence-corrected chi connectivity index (χ4v) is 2.07. The maximum Gasteiger partial charge on any atom is 0.326 e. The van der Waals surface area contributed by atoms with Gasteiger partial charge >= 0.3 is 5.97 Å². The minimum Gasteiger partial charge on any atom is -0.480 e. The summed E-state index contributed by atoms with van der Waals surface area (Å²) in [6.07, 6.45) is 3.31. The average Bonchev–Trinajstić information content (AvgIpc) is 2.53. The van der Waals surface area contributed by atoms with E-state index in [1.807, 2.05) is 0 Å². The number of rotatable bonds is 3. The van der Waals surface area contributed by atoms with Gasteiger partial charge in [0, 0.05) is 6.54 Å². The van der Waals surface area contributed by atoms with Crippen molar-refractivity contribution in [1.82, 2.24) is 10.2 Å². The van der Waals surface area contributed by atoms with E-state index in [1.165, 1.54) is 4.90 Å². The monoisotopic (exact) mass is 242 g/mol. The molecule has 1 unspecified atom stereocenters. The highest BCUT2D eigenvalue weighted by Crippen LogP contribution is 2.20. The van der Waals surface area contributed by atoms with Gasteiger partial charge in [-0.25, -0.2) is 4.79 Å². The molecule has 0 aromatic heterocycles. The zero-order valence-electron chi connectivity index (χ0n) is 10.8. The van der Waals surface area contributed by atoms with Gasteiger partial charge < -0.3 is 15.3 Å². The van der Waals surface area contributed by atoms with Gasteiger partial charge in [-0.1, -0.05) is 12.8 Å². The number of carboxylic acids is 1. The molecule has 1 saturated heterocycles. The number of carbonyl (C=O) groups excluding carboxylic acids is 1. The lowest BCUT2D eigenvalue weighted by atomic mass is 10.0. The third-order valence-corrected chi connectivity index (χ3v) is 3.46. The van der Waals surface area contributed by atoms with Crippen molar-refractivity contribution in [2.45, 2.75) is 51.1 Å². The van der Waals surface area contributed by atoms with Gasteiger partial charge in [0.2, 0.25) is 5.91 Å². The van der Waals surface area contributed by atoms with Crippen LogP contribution < -0.4 is 5.32 Å². The van der Waals surface area contributed by atoms with Crippen LogP contribution in [0, 0.1) is 0 Å². The molecule has 5 heteroatoms. The normalized spacial score (nSPS) is 22.1. The summed E-state index contributed by atoms with van der Waals surface area (Å²) < 4.78 is 0. The van der Waals surface area contributed by atoms with Crippen LogP contribution in [0.25, 0.3) is 0 Å². The average molecular weight is 242 g/mol. The van der Waals surface area contributed by atoms with Crippen molar-refractivity contribution < 1.29 is 14.7 Å². The van der Waals surface area contributed by atoms with Gasteiger partial charge in [-0.15, -0.1) is 0 Å². The number of nitrogens with zero attached hydrogens (tertiary/aromatic N) is 1. The lowest BCUT2D eigenvalue weighted by molar-refractivity contribution is -0.152. The Hall–Kier alpha value is -1.10. The van der Waals surface area contributed by atoms with Crippen LogP contribution in [-0.2, 0) is 9.59 Å². The molecular formula is C12H22N2O3. The summed E-state index contributed by atoms with van der Waals surface area (Å²) in [7, 11) is 1.71. The molecule has 0 radical (unpaired) electrons. The van der Waals surface area contributed by atoms with Crippen LogP contribution in [-0.4, -0.2) is 47.1 Å². The van der Waals surface area contributed by atoms with Crippen LogP contribution >= 0.6 is 0 Å². The standard InChI is InChI=1S/C12H22N2O3/c1-12(2,13-3)11(17)14-8-6-4-5-7-9(14)10(15)16/h9,13H,4-8H2,1-3H3,(H,15,16). The number of likely N-dealkylation sites (N-methyl/N-ethyl adjacent to an activating group) is 1. The van der Waals surface area contributed by atoms with E-state index in [-0.39, 0.29) is 5.91 Å². The largest absolute Gasteiger partial charge is 0.480 e. The van der Waals surface area contributed by atoms with Crippen molar-refractivity contribution >= 4 is 11.9 Å². The number of carbonyl (C=O) groups is 2. The summed E-state index contributed by atoms with van der Waals surface area (Å²) in [4.78, 5) is 25.1. The van der Waals surface area contributed by atoms with Crippen molar-refractivity contribution in [3.63, 3.8) is 0 Å². The second-order valence-electron chi connectivity index (χ2n) is 5.08. The quantitative estimate of drug-likeness (QED) is 0.769. The molecule has 1 amide bonds. The van der Waals surface area contributed by atoms with Gasteiger partial charge in [0.25, 0.3) is 0 Å². The van der Waals surface area contributed by atoms with E-state index in [4.69, 9.17) is 0 Å². The second kappa shape index (κ2) is 5.49.